The zero-order chi connectivity index (χ0) is 23.7. The lowest BCUT2D eigenvalue weighted by atomic mass is 10.0. The fourth-order valence-corrected chi connectivity index (χ4v) is 3.95. The zero-order valence-electron chi connectivity index (χ0n) is 18.8. The molecule has 1 N–H and O–H groups in total. The first kappa shape index (κ1) is 23.1. The van der Waals surface area contributed by atoms with Gasteiger partial charge < -0.3 is 9.72 Å². The molecule has 1 aromatic heterocycles. The minimum absolute atomic E-state index is 0.0747. The summed E-state index contributed by atoms with van der Waals surface area (Å²) in [6.45, 7) is 8.51. The van der Waals surface area contributed by atoms with Crippen LogP contribution in [-0.4, -0.2) is 51.9 Å². The molecular weight excluding hydrogens is 412 g/mol. The van der Waals surface area contributed by atoms with Crippen LogP contribution in [0.3, 0.4) is 0 Å². The number of carbonyl (C=O) groups excluding carboxylic acids is 5. The second kappa shape index (κ2) is 8.90. The Morgan fingerprint density at radius 1 is 1.09 bits per heavy atom. The minimum atomic E-state index is -1.12. The molecule has 0 radical (unpaired) electrons. The molecule has 0 aliphatic carbocycles. The predicted octanol–water partition coefficient (Wildman–Crippen LogP) is 3.66. The van der Waals surface area contributed by atoms with Crippen LogP contribution in [0.15, 0.2) is 18.2 Å². The number of nitrogens with zero attached hydrogens (tertiary/aromatic N) is 1. The minimum Gasteiger partial charge on any atom is -0.451 e. The van der Waals surface area contributed by atoms with Crippen LogP contribution >= 0.6 is 0 Å². The van der Waals surface area contributed by atoms with Gasteiger partial charge in [0.25, 0.3) is 11.8 Å². The summed E-state index contributed by atoms with van der Waals surface area (Å²) >= 11 is 0. The molecule has 1 atom stereocenters. The van der Waals surface area contributed by atoms with E-state index in [0.29, 0.717) is 29.8 Å². The first-order chi connectivity index (χ1) is 15.1. The number of aromatic amines is 1. The average molecular weight is 438 g/mol. The zero-order valence-corrected chi connectivity index (χ0v) is 18.8. The Bertz CT molecular complexity index is 1140. The smallest absolute Gasteiger partial charge is 0.338 e. The second-order valence-electron chi connectivity index (χ2n) is 7.97. The molecule has 2 amide bonds. The number of fused-ring (bicyclic) bond motifs is 1. The lowest BCUT2D eigenvalue weighted by Crippen LogP contribution is -2.30. The summed E-state index contributed by atoms with van der Waals surface area (Å²) in [5.74, 6) is -2.23. The fraction of sp³-hybridized carbons (Fsp3) is 0.375. The number of aryl methyl sites for hydroxylation is 1. The highest BCUT2D eigenvalue weighted by Gasteiger charge is 2.36. The molecule has 2 heterocycles. The second-order valence-corrected chi connectivity index (χ2v) is 7.97. The van der Waals surface area contributed by atoms with E-state index < -0.39 is 23.8 Å². The van der Waals surface area contributed by atoms with Crippen molar-refractivity contribution in [1.29, 1.82) is 0 Å². The number of unbranched alkanes of at least 4 members (excludes halogenated alkanes) is 1. The third-order valence-corrected chi connectivity index (χ3v) is 5.63. The largest absolute Gasteiger partial charge is 0.451 e. The molecule has 8 nitrogen and oxygen atoms in total. The number of amides is 2. The molecule has 1 aliphatic heterocycles. The lowest BCUT2D eigenvalue weighted by molar-refractivity contribution is 0.0317. The molecular formula is C24H26N2O6. The number of hydrogen-bond donors (Lipinski definition) is 1. The van der Waals surface area contributed by atoms with Crippen molar-refractivity contribution in [3.63, 3.8) is 0 Å². The van der Waals surface area contributed by atoms with E-state index in [4.69, 9.17) is 4.74 Å². The van der Waals surface area contributed by atoms with Gasteiger partial charge in [0.2, 0.25) is 5.78 Å². The number of nitrogens with one attached hydrogen (secondary N) is 1. The average Bonchev–Trinajstić information content (AvgIpc) is 3.18. The molecule has 0 saturated carbocycles. The van der Waals surface area contributed by atoms with Crippen molar-refractivity contribution in [2.24, 2.45) is 0 Å². The normalized spacial score (nSPS) is 13.8. The van der Waals surface area contributed by atoms with E-state index in [1.807, 2.05) is 6.92 Å². The molecule has 2 aromatic rings. The molecule has 0 bridgehead atoms. The van der Waals surface area contributed by atoms with Crippen molar-refractivity contribution in [2.45, 2.75) is 53.6 Å². The number of hydrogen-bond acceptors (Lipinski definition) is 6. The third-order valence-electron chi connectivity index (χ3n) is 5.63. The topological polar surface area (TPSA) is 114 Å². The number of carbonyl (C=O) groups is 5. The van der Waals surface area contributed by atoms with Crippen molar-refractivity contribution in [3.05, 3.63) is 57.4 Å². The summed E-state index contributed by atoms with van der Waals surface area (Å²) in [4.78, 5) is 66.4. The maximum Gasteiger partial charge on any atom is 0.338 e. The Morgan fingerprint density at radius 2 is 1.75 bits per heavy atom. The standard InChI is InChI=1S/C24H26N2O6/c1-6-7-10-26-22(29)17-9-8-16(11-18(17)23(26)30)24(31)32-15(5)21(28)20-12(2)19(14(4)27)13(3)25-20/h8-9,11,15,25H,6-7,10H2,1-5H3. The predicted molar refractivity (Wildman–Crippen MR) is 116 cm³/mol. The Hall–Kier alpha value is -3.55. The van der Waals surface area contributed by atoms with Crippen LogP contribution in [0.4, 0.5) is 0 Å². The van der Waals surface area contributed by atoms with Crippen LogP contribution in [0.5, 0.6) is 0 Å². The molecule has 1 aromatic carbocycles. The van der Waals surface area contributed by atoms with Gasteiger partial charge in [-0.05, 0) is 57.9 Å². The van der Waals surface area contributed by atoms with Crippen LogP contribution in [0.1, 0.15) is 96.8 Å². The van der Waals surface area contributed by atoms with Crippen LogP contribution in [0.25, 0.3) is 0 Å². The quantitative estimate of drug-likeness (QED) is 0.382. The van der Waals surface area contributed by atoms with E-state index in [-0.39, 0.29) is 34.1 Å². The number of benzene rings is 1. The number of imide groups is 1. The van der Waals surface area contributed by atoms with Gasteiger partial charge in [-0.2, -0.15) is 0 Å². The number of Topliss-reactive ketones (excluding diaryl/α,β-unsaturated/α-hetero) is 2. The Balaban J connectivity index is 1.78. The summed E-state index contributed by atoms with van der Waals surface area (Å²) in [6, 6.07) is 4.17. The van der Waals surface area contributed by atoms with Gasteiger partial charge in [0, 0.05) is 17.8 Å². The highest BCUT2D eigenvalue weighted by molar-refractivity contribution is 6.22. The fourth-order valence-electron chi connectivity index (χ4n) is 3.95. The van der Waals surface area contributed by atoms with Crippen LogP contribution in [0, 0.1) is 13.8 Å². The van der Waals surface area contributed by atoms with E-state index in [1.165, 1.54) is 36.9 Å². The molecule has 1 aliphatic rings. The molecule has 0 fully saturated rings. The van der Waals surface area contributed by atoms with Crippen molar-refractivity contribution in [2.75, 3.05) is 6.54 Å². The van der Waals surface area contributed by atoms with Crippen molar-refractivity contribution < 1.29 is 28.7 Å². The summed E-state index contributed by atoms with van der Waals surface area (Å²) in [5.41, 5.74) is 2.23. The molecule has 0 saturated heterocycles. The van der Waals surface area contributed by atoms with Crippen molar-refractivity contribution in [3.8, 4) is 0 Å². The van der Waals surface area contributed by atoms with E-state index >= 15 is 0 Å². The van der Waals surface area contributed by atoms with E-state index in [9.17, 15) is 24.0 Å². The van der Waals surface area contributed by atoms with Gasteiger partial charge in [0.1, 0.15) is 0 Å². The van der Waals surface area contributed by atoms with Crippen molar-refractivity contribution >= 4 is 29.4 Å². The number of aromatic nitrogens is 1. The lowest BCUT2D eigenvalue weighted by Gasteiger charge is -2.13. The summed E-state index contributed by atoms with van der Waals surface area (Å²) in [6.07, 6.45) is 0.416. The number of H-pyrrole nitrogens is 1. The molecule has 8 heteroatoms. The van der Waals surface area contributed by atoms with E-state index in [1.54, 1.807) is 13.8 Å². The number of esters is 1. The number of ketones is 2. The first-order valence-corrected chi connectivity index (χ1v) is 10.5. The monoisotopic (exact) mass is 438 g/mol. The maximum absolute atomic E-state index is 12.8. The van der Waals surface area contributed by atoms with Gasteiger partial charge in [0.05, 0.1) is 22.4 Å². The Labute approximate surface area is 185 Å². The molecule has 1 unspecified atom stereocenters. The van der Waals surface area contributed by atoms with Gasteiger partial charge in [-0.25, -0.2) is 4.79 Å². The van der Waals surface area contributed by atoms with Crippen LogP contribution < -0.4 is 0 Å². The molecule has 0 spiro atoms. The van der Waals surface area contributed by atoms with Crippen LogP contribution in [-0.2, 0) is 4.74 Å². The molecule has 32 heavy (non-hydrogen) atoms. The number of ether oxygens (including phenoxy) is 1. The summed E-state index contributed by atoms with van der Waals surface area (Å²) in [5, 5.41) is 0. The van der Waals surface area contributed by atoms with Gasteiger partial charge in [-0.15, -0.1) is 0 Å². The summed E-state index contributed by atoms with van der Waals surface area (Å²) < 4.78 is 5.33. The third kappa shape index (κ3) is 4.00. The van der Waals surface area contributed by atoms with Crippen LogP contribution in [0.2, 0.25) is 0 Å². The first-order valence-electron chi connectivity index (χ1n) is 10.5. The SMILES string of the molecule is CCCCN1C(=O)c2ccc(C(=O)OC(C)C(=O)c3[nH]c(C)c(C(C)=O)c3C)cc2C1=O. The van der Waals surface area contributed by atoms with Gasteiger partial charge >= 0.3 is 5.97 Å². The van der Waals surface area contributed by atoms with Crippen molar-refractivity contribution in [1.82, 2.24) is 9.88 Å². The van der Waals surface area contributed by atoms with Gasteiger partial charge in [-0.3, -0.25) is 24.1 Å². The molecule has 3 rings (SSSR count). The Morgan fingerprint density at radius 3 is 2.34 bits per heavy atom. The van der Waals surface area contributed by atoms with Gasteiger partial charge in [-0.1, -0.05) is 13.3 Å². The summed E-state index contributed by atoms with van der Waals surface area (Å²) in [7, 11) is 0. The maximum atomic E-state index is 12.8. The highest BCUT2D eigenvalue weighted by Crippen LogP contribution is 2.25. The molecule has 168 valence electrons. The number of rotatable bonds is 8. The highest BCUT2D eigenvalue weighted by atomic mass is 16.5. The van der Waals surface area contributed by atoms with E-state index in [2.05, 4.69) is 4.98 Å². The van der Waals surface area contributed by atoms with E-state index in [0.717, 1.165) is 6.42 Å². The van der Waals surface area contributed by atoms with Gasteiger partial charge in [0.15, 0.2) is 11.9 Å². The Kier molecular flexibility index (Phi) is 6.43.